The van der Waals surface area contributed by atoms with Gasteiger partial charge in [-0.15, -0.1) is 24.0 Å². The molecule has 19 heavy (non-hydrogen) atoms. The lowest BCUT2D eigenvalue weighted by atomic mass is 10.1. The maximum atomic E-state index is 12.2. The molecule has 100 valence electrons. The monoisotopic (exact) mass is 291 g/mol. The highest BCUT2D eigenvalue weighted by atomic mass is 32.1. The number of rotatable bonds is 4. The van der Waals surface area contributed by atoms with Crippen LogP contribution in [0.25, 0.3) is 0 Å². The van der Waals surface area contributed by atoms with Crippen LogP contribution in [-0.2, 0) is 11.2 Å². The molecule has 1 atom stereocenters. The summed E-state index contributed by atoms with van der Waals surface area (Å²) in [4.78, 5) is 16.2. The third-order valence-corrected chi connectivity index (χ3v) is 4.56. The fourth-order valence-electron chi connectivity index (χ4n) is 1.85. The molecule has 2 rings (SSSR count). The predicted molar refractivity (Wildman–Crippen MR) is 82.9 cm³/mol. The van der Waals surface area contributed by atoms with Crippen LogP contribution in [0.2, 0.25) is 0 Å². The summed E-state index contributed by atoms with van der Waals surface area (Å²) in [5.41, 5.74) is 1.02. The van der Waals surface area contributed by atoms with E-state index in [9.17, 15) is 4.79 Å². The minimum atomic E-state index is 0.122. The van der Waals surface area contributed by atoms with Gasteiger partial charge in [0, 0.05) is 16.8 Å². The Bertz CT molecular complexity index is 534. The Morgan fingerprint density at radius 3 is 2.58 bits per heavy atom. The van der Waals surface area contributed by atoms with Crippen LogP contribution in [0.4, 0.5) is 0 Å². The Morgan fingerprint density at radius 2 is 2.00 bits per heavy atom. The van der Waals surface area contributed by atoms with Gasteiger partial charge in [-0.2, -0.15) is 0 Å². The van der Waals surface area contributed by atoms with Gasteiger partial charge < -0.3 is 4.90 Å². The van der Waals surface area contributed by atoms with Gasteiger partial charge in [0.1, 0.15) is 0 Å². The largest absolute Gasteiger partial charge is 0.338 e. The van der Waals surface area contributed by atoms with Gasteiger partial charge in [-0.1, -0.05) is 18.2 Å². The average Bonchev–Trinajstić information content (AvgIpc) is 2.93. The topological polar surface area (TPSA) is 20.3 Å². The van der Waals surface area contributed by atoms with E-state index >= 15 is 0 Å². The molecule has 0 aliphatic rings. The number of carbonyl (C=O) groups excluding carboxylic acids is 1. The molecule has 1 aromatic heterocycles. The van der Waals surface area contributed by atoms with E-state index in [0.29, 0.717) is 6.42 Å². The van der Waals surface area contributed by atoms with E-state index in [4.69, 9.17) is 0 Å². The Labute approximate surface area is 123 Å². The normalized spacial score (nSPS) is 12.2. The van der Waals surface area contributed by atoms with Gasteiger partial charge in [-0.05, 0) is 36.1 Å². The second-order valence-corrected chi connectivity index (χ2v) is 6.03. The van der Waals surface area contributed by atoms with E-state index in [2.05, 4.69) is 25.6 Å². The molecule has 0 saturated heterocycles. The van der Waals surface area contributed by atoms with Crippen LogP contribution < -0.4 is 0 Å². The quantitative estimate of drug-likeness (QED) is 0.850. The summed E-state index contributed by atoms with van der Waals surface area (Å²) in [5, 5.41) is 2.04. The summed E-state index contributed by atoms with van der Waals surface area (Å²) in [5.74, 6) is 0.132. The van der Waals surface area contributed by atoms with Crippen LogP contribution >= 0.6 is 24.0 Å². The molecule has 0 fully saturated rings. The summed E-state index contributed by atoms with van der Waals surface area (Å²) in [6, 6.07) is 11.9. The molecular formula is C15H17NOS2. The van der Waals surface area contributed by atoms with Gasteiger partial charge in [0.25, 0.3) is 0 Å². The molecule has 0 N–H and O–H groups in total. The van der Waals surface area contributed by atoms with Crippen LogP contribution in [0.15, 0.2) is 46.7 Å². The van der Waals surface area contributed by atoms with Crippen molar-refractivity contribution in [2.75, 3.05) is 7.05 Å². The maximum absolute atomic E-state index is 12.2. The van der Waals surface area contributed by atoms with Crippen molar-refractivity contribution < 1.29 is 4.79 Å². The van der Waals surface area contributed by atoms with E-state index in [1.165, 1.54) is 4.88 Å². The van der Waals surface area contributed by atoms with Crippen molar-refractivity contribution in [3.8, 4) is 0 Å². The van der Waals surface area contributed by atoms with Crippen molar-refractivity contribution in [3.63, 3.8) is 0 Å². The molecule has 0 saturated carbocycles. The molecule has 0 aliphatic heterocycles. The summed E-state index contributed by atoms with van der Waals surface area (Å²) < 4.78 is 0. The van der Waals surface area contributed by atoms with Gasteiger partial charge in [0.05, 0.1) is 12.5 Å². The molecule has 0 bridgehead atoms. The number of nitrogens with zero attached hydrogens (tertiary/aromatic N) is 1. The number of amides is 1. The Kier molecular flexibility index (Phi) is 4.66. The first kappa shape index (κ1) is 14.2. The second kappa shape index (κ2) is 6.26. The first-order chi connectivity index (χ1) is 9.08. The molecule has 4 heteroatoms. The highest BCUT2D eigenvalue weighted by molar-refractivity contribution is 7.80. The van der Waals surface area contributed by atoms with E-state index in [-0.39, 0.29) is 11.9 Å². The Hall–Kier alpha value is -1.26. The fraction of sp³-hybridized carbons (Fsp3) is 0.267. The number of thiophene rings is 1. The molecule has 1 aromatic carbocycles. The van der Waals surface area contributed by atoms with E-state index in [0.717, 1.165) is 10.5 Å². The van der Waals surface area contributed by atoms with Gasteiger partial charge in [0.15, 0.2) is 0 Å². The molecule has 1 amide bonds. The van der Waals surface area contributed by atoms with Crippen LogP contribution in [0.1, 0.15) is 23.4 Å². The molecule has 0 radical (unpaired) electrons. The summed E-state index contributed by atoms with van der Waals surface area (Å²) in [6.07, 6.45) is 0.431. The molecule has 0 aliphatic carbocycles. The minimum Gasteiger partial charge on any atom is -0.338 e. The van der Waals surface area contributed by atoms with Gasteiger partial charge >= 0.3 is 0 Å². The standard InChI is InChI=1S/C15H17NOS2/c1-11(14-4-3-9-19-14)16(2)15(17)10-12-5-7-13(18)8-6-12/h3-9,11,18H,10H2,1-2H3. The smallest absolute Gasteiger partial charge is 0.227 e. The summed E-state index contributed by atoms with van der Waals surface area (Å²) in [6.45, 7) is 2.06. The van der Waals surface area contributed by atoms with Crippen molar-refractivity contribution in [1.82, 2.24) is 4.90 Å². The van der Waals surface area contributed by atoms with Crippen LogP contribution in [0.5, 0.6) is 0 Å². The van der Waals surface area contributed by atoms with Crippen molar-refractivity contribution >= 4 is 29.9 Å². The minimum absolute atomic E-state index is 0.122. The predicted octanol–water partition coefficient (Wildman–Crippen LogP) is 3.80. The summed E-state index contributed by atoms with van der Waals surface area (Å²) >= 11 is 5.92. The zero-order valence-electron chi connectivity index (χ0n) is 11.0. The number of likely N-dealkylation sites (N-methyl/N-ethyl adjacent to an activating group) is 1. The first-order valence-corrected chi connectivity index (χ1v) is 7.47. The average molecular weight is 291 g/mol. The van der Waals surface area contributed by atoms with Crippen LogP contribution in [-0.4, -0.2) is 17.9 Å². The van der Waals surface area contributed by atoms with Gasteiger partial charge in [-0.25, -0.2) is 0 Å². The molecule has 1 unspecified atom stereocenters. The van der Waals surface area contributed by atoms with Crippen molar-refractivity contribution in [2.24, 2.45) is 0 Å². The lowest BCUT2D eigenvalue weighted by Gasteiger charge is -2.24. The molecule has 1 heterocycles. The first-order valence-electron chi connectivity index (χ1n) is 6.15. The van der Waals surface area contributed by atoms with Crippen molar-refractivity contribution in [3.05, 3.63) is 52.2 Å². The van der Waals surface area contributed by atoms with Crippen LogP contribution in [0, 0.1) is 0 Å². The lowest BCUT2D eigenvalue weighted by Crippen LogP contribution is -2.30. The number of hydrogen-bond acceptors (Lipinski definition) is 3. The van der Waals surface area contributed by atoms with E-state index in [1.54, 1.807) is 16.2 Å². The third kappa shape index (κ3) is 3.61. The Morgan fingerprint density at radius 1 is 1.32 bits per heavy atom. The van der Waals surface area contributed by atoms with Gasteiger partial charge in [-0.3, -0.25) is 4.79 Å². The molecule has 2 nitrogen and oxygen atoms in total. The zero-order valence-corrected chi connectivity index (χ0v) is 12.7. The van der Waals surface area contributed by atoms with E-state index < -0.39 is 0 Å². The van der Waals surface area contributed by atoms with Crippen LogP contribution in [0.3, 0.4) is 0 Å². The Balaban J connectivity index is 2.01. The fourth-order valence-corrected chi connectivity index (χ4v) is 2.82. The molecular weight excluding hydrogens is 274 g/mol. The maximum Gasteiger partial charge on any atom is 0.227 e. The summed E-state index contributed by atoms with van der Waals surface area (Å²) in [7, 11) is 1.86. The van der Waals surface area contributed by atoms with Gasteiger partial charge in [0.2, 0.25) is 5.91 Å². The SMILES string of the molecule is CC(c1cccs1)N(C)C(=O)Cc1ccc(S)cc1. The van der Waals surface area contributed by atoms with Crippen molar-refractivity contribution in [2.45, 2.75) is 24.3 Å². The molecule has 2 aromatic rings. The third-order valence-electron chi connectivity index (χ3n) is 3.22. The highest BCUT2D eigenvalue weighted by Crippen LogP contribution is 2.24. The molecule has 0 spiro atoms. The number of thiol groups is 1. The highest BCUT2D eigenvalue weighted by Gasteiger charge is 2.18. The number of benzene rings is 1. The zero-order chi connectivity index (χ0) is 13.8. The van der Waals surface area contributed by atoms with E-state index in [1.807, 2.05) is 42.8 Å². The number of carbonyl (C=O) groups is 1. The van der Waals surface area contributed by atoms with Crippen molar-refractivity contribution in [1.29, 1.82) is 0 Å². The number of hydrogen-bond donors (Lipinski definition) is 1. The second-order valence-electron chi connectivity index (χ2n) is 4.54. The lowest BCUT2D eigenvalue weighted by molar-refractivity contribution is -0.131.